The van der Waals surface area contributed by atoms with Crippen LogP contribution in [0.25, 0.3) is 0 Å². The molecule has 2 atom stereocenters. The first-order chi connectivity index (χ1) is 9.43. The summed E-state index contributed by atoms with van der Waals surface area (Å²) in [6, 6.07) is 9.86. The van der Waals surface area contributed by atoms with Crippen molar-refractivity contribution >= 4 is 40.8 Å². The number of cyclic esters (lactones) is 1. The number of carbonyl (C=O) groups is 1. The van der Waals surface area contributed by atoms with Gasteiger partial charge in [-0.2, -0.15) is 0 Å². The minimum Gasteiger partial charge on any atom is -0.440 e. The van der Waals surface area contributed by atoms with Crippen LogP contribution in [-0.4, -0.2) is 33.0 Å². The Kier molecular flexibility index (Phi) is 3.66. The van der Waals surface area contributed by atoms with E-state index >= 15 is 0 Å². The first-order valence-electron chi connectivity index (χ1n) is 6.52. The van der Waals surface area contributed by atoms with Crippen LogP contribution in [0.1, 0.15) is 18.4 Å². The molecule has 2 heterocycles. The SMILES string of the molecule is O=C1O[C@@H](C(Cl)(Cl)Cl)N2CCC[C@]12Cc1ccccc1. The van der Waals surface area contributed by atoms with Crippen LogP contribution < -0.4 is 0 Å². The number of rotatable bonds is 2. The van der Waals surface area contributed by atoms with Crippen molar-refractivity contribution in [2.75, 3.05) is 6.54 Å². The largest absolute Gasteiger partial charge is 0.440 e. The molecule has 108 valence electrons. The quantitative estimate of drug-likeness (QED) is 0.614. The zero-order valence-corrected chi connectivity index (χ0v) is 13.0. The number of fused-ring (bicyclic) bond motifs is 1. The second-order valence-corrected chi connectivity index (χ2v) is 7.66. The summed E-state index contributed by atoms with van der Waals surface area (Å²) in [5.74, 6) is -0.282. The van der Waals surface area contributed by atoms with Crippen LogP contribution in [-0.2, 0) is 16.0 Å². The molecular formula is C14H14Cl3NO2. The third-order valence-electron chi connectivity index (χ3n) is 4.04. The number of benzene rings is 1. The Morgan fingerprint density at radius 3 is 2.65 bits per heavy atom. The lowest BCUT2D eigenvalue weighted by molar-refractivity contribution is -0.145. The van der Waals surface area contributed by atoms with Gasteiger partial charge >= 0.3 is 5.97 Å². The summed E-state index contributed by atoms with van der Waals surface area (Å²) in [7, 11) is 0. The van der Waals surface area contributed by atoms with Crippen molar-refractivity contribution in [3.05, 3.63) is 35.9 Å². The second kappa shape index (κ2) is 5.06. The molecule has 6 heteroatoms. The van der Waals surface area contributed by atoms with Crippen LogP contribution in [0.4, 0.5) is 0 Å². The van der Waals surface area contributed by atoms with Crippen LogP contribution in [0.2, 0.25) is 0 Å². The summed E-state index contributed by atoms with van der Waals surface area (Å²) in [5.41, 5.74) is 0.400. The molecule has 0 unspecified atom stereocenters. The number of ether oxygens (including phenoxy) is 1. The molecule has 2 saturated heterocycles. The molecule has 0 N–H and O–H groups in total. The highest BCUT2D eigenvalue weighted by atomic mass is 35.6. The Balaban J connectivity index is 1.93. The van der Waals surface area contributed by atoms with Gasteiger partial charge in [-0.1, -0.05) is 65.1 Å². The maximum absolute atomic E-state index is 12.4. The molecule has 1 aromatic carbocycles. The molecular weight excluding hydrogens is 321 g/mol. The molecule has 0 amide bonds. The van der Waals surface area contributed by atoms with E-state index in [0.29, 0.717) is 13.0 Å². The van der Waals surface area contributed by atoms with E-state index in [1.807, 2.05) is 35.2 Å². The summed E-state index contributed by atoms with van der Waals surface area (Å²) in [6.07, 6.45) is 1.42. The highest BCUT2D eigenvalue weighted by Crippen LogP contribution is 2.47. The summed E-state index contributed by atoms with van der Waals surface area (Å²) in [6.45, 7) is 0.706. The van der Waals surface area contributed by atoms with E-state index in [4.69, 9.17) is 39.5 Å². The topological polar surface area (TPSA) is 29.5 Å². The number of hydrogen-bond acceptors (Lipinski definition) is 3. The molecule has 0 radical (unpaired) electrons. The zero-order chi connectivity index (χ0) is 14.4. The van der Waals surface area contributed by atoms with Crippen LogP contribution in [0, 0.1) is 0 Å². The molecule has 0 saturated carbocycles. The van der Waals surface area contributed by atoms with Crippen molar-refractivity contribution < 1.29 is 9.53 Å². The molecule has 0 bridgehead atoms. The lowest BCUT2D eigenvalue weighted by Crippen LogP contribution is -2.50. The van der Waals surface area contributed by atoms with Crippen molar-refractivity contribution in [3.8, 4) is 0 Å². The lowest BCUT2D eigenvalue weighted by Gasteiger charge is -2.32. The predicted octanol–water partition coefficient (Wildman–Crippen LogP) is 3.32. The van der Waals surface area contributed by atoms with Gasteiger partial charge in [-0.3, -0.25) is 0 Å². The molecule has 20 heavy (non-hydrogen) atoms. The highest BCUT2D eigenvalue weighted by molar-refractivity contribution is 6.68. The van der Waals surface area contributed by atoms with Gasteiger partial charge in [0.2, 0.25) is 10.0 Å². The average molecular weight is 335 g/mol. The fraction of sp³-hybridized carbons (Fsp3) is 0.500. The predicted molar refractivity (Wildman–Crippen MR) is 79.0 cm³/mol. The van der Waals surface area contributed by atoms with Gasteiger partial charge in [0.1, 0.15) is 5.54 Å². The molecule has 2 fully saturated rings. The second-order valence-electron chi connectivity index (χ2n) is 5.29. The number of hydrogen-bond donors (Lipinski definition) is 0. The van der Waals surface area contributed by atoms with Gasteiger partial charge in [0.25, 0.3) is 0 Å². The average Bonchev–Trinajstić information content (AvgIpc) is 2.90. The number of nitrogens with zero attached hydrogens (tertiary/aromatic N) is 1. The van der Waals surface area contributed by atoms with Crippen molar-refractivity contribution in [1.29, 1.82) is 0 Å². The molecule has 0 aliphatic carbocycles. The van der Waals surface area contributed by atoms with Crippen molar-refractivity contribution in [1.82, 2.24) is 4.90 Å². The molecule has 1 aromatic rings. The van der Waals surface area contributed by atoms with E-state index < -0.39 is 15.6 Å². The fourth-order valence-electron chi connectivity index (χ4n) is 3.17. The Morgan fingerprint density at radius 2 is 2.00 bits per heavy atom. The zero-order valence-electron chi connectivity index (χ0n) is 10.7. The standard InChI is InChI=1S/C14H14Cl3NO2/c15-14(16,17)11-18-8-4-7-13(18,12(19)20-11)9-10-5-2-1-3-6-10/h1-3,5-6,11H,4,7-9H2/t11-,13-/m0/s1. The summed E-state index contributed by atoms with van der Waals surface area (Å²) in [4.78, 5) is 14.3. The maximum atomic E-state index is 12.4. The molecule has 2 aliphatic heterocycles. The van der Waals surface area contributed by atoms with E-state index in [2.05, 4.69) is 0 Å². The molecule has 2 aliphatic rings. The molecule has 0 spiro atoms. The van der Waals surface area contributed by atoms with Crippen LogP contribution in [0.5, 0.6) is 0 Å². The highest BCUT2D eigenvalue weighted by Gasteiger charge is 2.62. The monoisotopic (exact) mass is 333 g/mol. The molecule has 0 aromatic heterocycles. The smallest absolute Gasteiger partial charge is 0.328 e. The maximum Gasteiger partial charge on any atom is 0.328 e. The lowest BCUT2D eigenvalue weighted by atomic mass is 9.89. The van der Waals surface area contributed by atoms with Gasteiger partial charge in [0.15, 0.2) is 0 Å². The summed E-state index contributed by atoms with van der Waals surface area (Å²) in [5, 5.41) is 0. The van der Waals surface area contributed by atoms with E-state index in [1.54, 1.807) is 0 Å². The van der Waals surface area contributed by atoms with E-state index in [9.17, 15) is 4.79 Å². The first-order valence-corrected chi connectivity index (χ1v) is 7.65. The first kappa shape index (κ1) is 14.5. The van der Waals surface area contributed by atoms with E-state index in [0.717, 1.165) is 18.4 Å². The van der Waals surface area contributed by atoms with Crippen molar-refractivity contribution in [2.45, 2.75) is 34.8 Å². The third-order valence-corrected chi connectivity index (χ3v) is 4.60. The van der Waals surface area contributed by atoms with Crippen LogP contribution >= 0.6 is 34.8 Å². The van der Waals surface area contributed by atoms with Gasteiger partial charge in [-0.05, 0) is 18.4 Å². The third kappa shape index (κ3) is 2.31. The van der Waals surface area contributed by atoms with E-state index in [1.165, 1.54) is 0 Å². The van der Waals surface area contributed by atoms with Gasteiger partial charge in [0.05, 0.1) is 0 Å². The minimum absolute atomic E-state index is 0.282. The van der Waals surface area contributed by atoms with Gasteiger partial charge in [-0.15, -0.1) is 0 Å². The molecule has 3 nitrogen and oxygen atoms in total. The van der Waals surface area contributed by atoms with Crippen LogP contribution in [0.15, 0.2) is 30.3 Å². The summed E-state index contributed by atoms with van der Waals surface area (Å²) >= 11 is 17.8. The summed E-state index contributed by atoms with van der Waals surface area (Å²) < 4.78 is 3.73. The van der Waals surface area contributed by atoms with Gasteiger partial charge in [0, 0.05) is 13.0 Å². The number of halogens is 3. The molecule has 3 rings (SSSR count). The Labute approximate surface area is 132 Å². The Morgan fingerprint density at radius 1 is 1.30 bits per heavy atom. The van der Waals surface area contributed by atoms with Crippen LogP contribution in [0.3, 0.4) is 0 Å². The van der Waals surface area contributed by atoms with E-state index in [-0.39, 0.29) is 5.97 Å². The number of alkyl halides is 3. The Bertz CT molecular complexity index is 517. The number of carbonyl (C=O) groups excluding carboxylic acids is 1. The number of esters is 1. The fourth-order valence-corrected chi connectivity index (χ4v) is 3.66. The van der Waals surface area contributed by atoms with Gasteiger partial charge in [-0.25, -0.2) is 9.69 Å². The van der Waals surface area contributed by atoms with Gasteiger partial charge < -0.3 is 4.74 Å². The minimum atomic E-state index is -1.63. The Hall–Kier alpha value is -0.480. The normalized spacial score (nSPS) is 30.4. The van der Waals surface area contributed by atoms with Crippen molar-refractivity contribution in [2.24, 2.45) is 0 Å². The van der Waals surface area contributed by atoms with Crippen molar-refractivity contribution in [3.63, 3.8) is 0 Å².